The number of halogens is 1. The van der Waals surface area contributed by atoms with Crippen LogP contribution in [0.4, 0.5) is 10.2 Å². The molecule has 0 spiro atoms. The average Bonchev–Trinajstić information content (AvgIpc) is 3.04. The van der Waals surface area contributed by atoms with Gasteiger partial charge in [-0.15, -0.1) is 0 Å². The zero-order valence-corrected chi connectivity index (χ0v) is 16.1. The first-order chi connectivity index (χ1) is 14.0. The van der Waals surface area contributed by atoms with Crippen LogP contribution in [0.1, 0.15) is 13.8 Å². The summed E-state index contributed by atoms with van der Waals surface area (Å²) >= 11 is 0. The lowest BCUT2D eigenvalue weighted by Crippen LogP contribution is -2.17. The molecule has 8 nitrogen and oxygen atoms in total. The summed E-state index contributed by atoms with van der Waals surface area (Å²) in [6.07, 6.45) is 7.74. The third-order valence-electron chi connectivity index (χ3n) is 4.70. The first-order valence-electron chi connectivity index (χ1n) is 9.30. The van der Waals surface area contributed by atoms with E-state index in [9.17, 15) is 9.50 Å². The lowest BCUT2D eigenvalue weighted by atomic mass is 9.95. The number of rotatable bonds is 5. The van der Waals surface area contributed by atoms with Gasteiger partial charge in [0.1, 0.15) is 11.6 Å². The number of aromatic nitrogens is 5. The quantitative estimate of drug-likeness (QED) is 0.681. The number of ether oxygens (including phenoxy) is 1. The van der Waals surface area contributed by atoms with Gasteiger partial charge in [0, 0.05) is 17.7 Å². The molecular formula is C20H21FN6O2. The SMILES string of the molecule is CCOc1nc(N)c2nc(-c3cncc(F)c3)n(CC3=CC(C)C(O)C=C3)c2n1. The van der Waals surface area contributed by atoms with Gasteiger partial charge in [-0.25, -0.2) is 9.37 Å². The van der Waals surface area contributed by atoms with Crippen molar-refractivity contribution in [3.05, 3.63) is 48.1 Å². The van der Waals surface area contributed by atoms with Crippen molar-refractivity contribution in [2.45, 2.75) is 26.5 Å². The predicted molar refractivity (Wildman–Crippen MR) is 106 cm³/mol. The number of pyridine rings is 1. The van der Waals surface area contributed by atoms with Crippen molar-refractivity contribution < 1.29 is 14.2 Å². The van der Waals surface area contributed by atoms with E-state index in [1.165, 1.54) is 12.3 Å². The molecule has 2 unspecified atom stereocenters. The van der Waals surface area contributed by atoms with Gasteiger partial charge in [-0.3, -0.25) is 4.98 Å². The molecule has 29 heavy (non-hydrogen) atoms. The molecule has 0 amide bonds. The molecule has 2 atom stereocenters. The van der Waals surface area contributed by atoms with Crippen molar-refractivity contribution in [2.75, 3.05) is 12.3 Å². The number of hydrogen-bond donors (Lipinski definition) is 2. The Hall–Kier alpha value is -3.33. The molecule has 1 aliphatic rings. The highest BCUT2D eigenvalue weighted by Crippen LogP contribution is 2.29. The molecule has 1 aliphatic carbocycles. The van der Waals surface area contributed by atoms with E-state index >= 15 is 0 Å². The highest BCUT2D eigenvalue weighted by Gasteiger charge is 2.21. The van der Waals surface area contributed by atoms with Crippen LogP contribution in [-0.2, 0) is 6.54 Å². The minimum atomic E-state index is -0.521. The molecule has 3 heterocycles. The Morgan fingerprint density at radius 1 is 1.28 bits per heavy atom. The van der Waals surface area contributed by atoms with Gasteiger partial charge in [-0.05, 0) is 18.6 Å². The maximum atomic E-state index is 13.8. The van der Waals surface area contributed by atoms with Gasteiger partial charge in [0.15, 0.2) is 17.0 Å². The second kappa shape index (κ2) is 7.59. The monoisotopic (exact) mass is 396 g/mol. The molecule has 0 fully saturated rings. The molecule has 0 aliphatic heterocycles. The largest absolute Gasteiger partial charge is 0.464 e. The smallest absolute Gasteiger partial charge is 0.320 e. The maximum absolute atomic E-state index is 13.8. The summed E-state index contributed by atoms with van der Waals surface area (Å²) in [4.78, 5) is 17.1. The second-order valence-electron chi connectivity index (χ2n) is 6.86. The van der Waals surface area contributed by atoms with E-state index in [0.717, 1.165) is 11.8 Å². The number of aliphatic hydroxyl groups excluding tert-OH is 1. The van der Waals surface area contributed by atoms with E-state index in [-0.39, 0.29) is 17.7 Å². The number of imidazole rings is 1. The van der Waals surface area contributed by atoms with E-state index in [0.29, 0.717) is 35.7 Å². The molecule has 3 aromatic heterocycles. The van der Waals surface area contributed by atoms with Crippen LogP contribution in [0.15, 0.2) is 42.3 Å². The van der Waals surface area contributed by atoms with Crippen molar-refractivity contribution >= 4 is 17.0 Å². The fourth-order valence-electron chi connectivity index (χ4n) is 3.28. The second-order valence-corrected chi connectivity index (χ2v) is 6.86. The van der Waals surface area contributed by atoms with Crippen molar-refractivity contribution in [1.29, 1.82) is 0 Å². The number of hydrogen-bond acceptors (Lipinski definition) is 7. The molecule has 9 heteroatoms. The van der Waals surface area contributed by atoms with Crippen LogP contribution in [0.3, 0.4) is 0 Å². The van der Waals surface area contributed by atoms with Crippen molar-refractivity contribution in [2.24, 2.45) is 5.92 Å². The summed E-state index contributed by atoms with van der Waals surface area (Å²) < 4.78 is 21.1. The standard InChI is InChI=1S/C20H21FN6O2/c1-3-29-20-25-17(22)16-19(26-20)27(10-12-4-5-15(28)11(2)6-12)18(24-16)13-7-14(21)9-23-8-13/h4-9,11,15,28H,3,10H2,1-2H3,(H2,22,25,26). The summed E-state index contributed by atoms with van der Waals surface area (Å²) in [6, 6.07) is 1.51. The topological polar surface area (TPSA) is 112 Å². The molecule has 3 N–H and O–H groups in total. The van der Waals surface area contributed by atoms with Gasteiger partial charge in [0.25, 0.3) is 0 Å². The molecule has 0 bridgehead atoms. The van der Waals surface area contributed by atoms with Gasteiger partial charge >= 0.3 is 6.01 Å². The first-order valence-corrected chi connectivity index (χ1v) is 9.30. The number of aliphatic hydroxyl groups is 1. The van der Waals surface area contributed by atoms with Crippen LogP contribution in [0.25, 0.3) is 22.6 Å². The van der Waals surface area contributed by atoms with Gasteiger partial charge in [0.05, 0.1) is 25.5 Å². The molecule has 4 rings (SSSR count). The van der Waals surface area contributed by atoms with E-state index in [2.05, 4.69) is 19.9 Å². The summed E-state index contributed by atoms with van der Waals surface area (Å²) in [5.74, 6) is 0.154. The van der Waals surface area contributed by atoms with Crippen LogP contribution in [0, 0.1) is 11.7 Å². The summed E-state index contributed by atoms with van der Waals surface area (Å²) in [5, 5.41) is 9.93. The number of nitrogens with zero attached hydrogens (tertiary/aromatic N) is 5. The minimum absolute atomic E-state index is 0.0252. The number of fused-ring (bicyclic) bond motifs is 1. The number of nitrogens with two attached hydrogens (primary N) is 1. The van der Waals surface area contributed by atoms with E-state index in [4.69, 9.17) is 10.5 Å². The Morgan fingerprint density at radius 3 is 2.83 bits per heavy atom. The third kappa shape index (κ3) is 3.68. The highest BCUT2D eigenvalue weighted by atomic mass is 19.1. The van der Waals surface area contributed by atoms with E-state index < -0.39 is 11.9 Å². The molecule has 0 radical (unpaired) electrons. The Bertz CT molecular complexity index is 1120. The third-order valence-corrected chi connectivity index (χ3v) is 4.70. The van der Waals surface area contributed by atoms with Crippen LogP contribution < -0.4 is 10.5 Å². The van der Waals surface area contributed by atoms with Gasteiger partial charge in [0.2, 0.25) is 0 Å². The maximum Gasteiger partial charge on any atom is 0.320 e. The normalized spacial score (nSPS) is 18.8. The average molecular weight is 396 g/mol. The summed E-state index contributed by atoms with van der Waals surface area (Å²) in [7, 11) is 0. The van der Waals surface area contributed by atoms with Crippen molar-refractivity contribution in [1.82, 2.24) is 24.5 Å². The zero-order chi connectivity index (χ0) is 20.5. The fourth-order valence-corrected chi connectivity index (χ4v) is 3.28. The predicted octanol–water partition coefficient (Wildman–Crippen LogP) is 2.50. The van der Waals surface area contributed by atoms with Crippen LogP contribution in [-0.4, -0.2) is 42.3 Å². The van der Waals surface area contributed by atoms with Crippen molar-refractivity contribution in [3.8, 4) is 17.4 Å². The summed E-state index contributed by atoms with van der Waals surface area (Å²) in [5.41, 5.74) is 8.43. The van der Waals surface area contributed by atoms with E-state index in [1.807, 2.05) is 30.6 Å². The lowest BCUT2D eigenvalue weighted by Gasteiger charge is -2.19. The van der Waals surface area contributed by atoms with Gasteiger partial charge in [-0.2, -0.15) is 9.97 Å². The number of allylic oxidation sites excluding steroid dienone is 2. The number of anilines is 1. The van der Waals surface area contributed by atoms with Crippen LogP contribution >= 0.6 is 0 Å². The first kappa shape index (κ1) is 19.0. The highest BCUT2D eigenvalue weighted by molar-refractivity contribution is 5.86. The van der Waals surface area contributed by atoms with Crippen LogP contribution in [0.5, 0.6) is 6.01 Å². The Morgan fingerprint density at radius 2 is 2.10 bits per heavy atom. The lowest BCUT2D eigenvalue weighted by molar-refractivity contribution is 0.183. The molecule has 3 aromatic rings. The summed E-state index contributed by atoms with van der Waals surface area (Å²) in [6.45, 7) is 4.56. The molecule has 150 valence electrons. The Balaban J connectivity index is 1.89. The van der Waals surface area contributed by atoms with E-state index in [1.54, 1.807) is 6.08 Å². The number of nitrogen functional groups attached to an aromatic ring is 1. The molecule has 0 saturated carbocycles. The molecular weight excluding hydrogens is 375 g/mol. The zero-order valence-electron chi connectivity index (χ0n) is 16.1. The van der Waals surface area contributed by atoms with Gasteiger partial charge < -0.3 is 20.1 Å². The fraction of sp³-hybridized carbons (Fsp3) is 0.300. The minimum Gasteiger partial charge on any atom is -0.464 e. The van der Waals surface area contributed by atoms with Crippen LogP contribution in [0.2, 0.25) is 0 Å². The molecule has 0 aromatic carbocycles. The Labute approximate surface area is 166 Å². The molecule has 0 saturated heterocycles. The van der Waals surface area contributed by atoms with Gasteiger partial charge in [-0.1, -0.05) is 25.2 Å². The van der Waals surface area contributed by atoms with Crippen molar-refractivity contribution in [3.63, 3.8) is 0 Å². The Kier molecular flexibility index (Phi) is 4.98.